The molecule has 168 valence electrons. The monoisotopic (exact) mass is 445 g/mol. The highest BCUT2D eigenvalue weighted by molar-refractivity contribution is 7.89. The Morgan fingerprint density at radius 1 is 1.03 bits per heavy atom. The highest BCUT2D eigenvalue weighted by Crippen LogP contribution is 2.16. The summed E-state index contributed by atoms with van der Waals surface area (Å²) in [6, 6.07) is 14.3. The molecule has 0 radical (unpaired) electrons. The van der Waals surface area contributed by atoms with Crippen molar-refractivity contribution in [3.8, 4) is 0 Å². The molecule has 8 heteroatoms. The molecule has 0 aromatic heterocycles. The smallest absolute Gasteiger partial charge is 0.251 e. The molecule has 1 fully saturated rings. The zero-order valence-electron chi connectivity index (χ0n) is 18.2. The molecular formula is C23H31N3O4S. The molecule has 0 atom stereocenters. The molecule has 1 N–H and O–H groups in total. The van der Waals surface area contributed by atoms with E-state index < -0.39 is 10.0 Å². The van der Waals surface area contributed by atoms with Crippen LogP contribution in [-0.4, -0.2) is 62.9 Å². The van der Waals surface area contributed by atoms with Crippen LogP contribution in [0.3, 0.4) is 0 Å². The lowest BCUT2D eigenvalue weighted by atomic mass is 10.1. The van der Waals surface area contributed by atoms with E-state index in [2.05, 4.69) is 10.2 Å². The maximum Gasteiger partial charge on any atom is 0.251 e. The van der Waals surface area contributed by atoms with Crippen molar-refractivity contribution in [3.05, 3.63) is 65.2 Å². The number of rotatable bonds is 9. The van der Waals surface area contributed by atoms with Crippen LogP contribution in [0.5, 0.6) is 0 Å². The average molecular weight is 446 g/mol. The predicted molar refractivity (Wildman–Crippen MR) is 120 cm³/mol. The van der Waals surface area contributed by atoms with E-state index in [-0.39, 0.29) is 10.8 Å². The van der Waals surface area contributed by atoms with Gasteiger partial charge in [-0.15, -0.1) is 0 Å². The summed E-state index contributed by atoms with van der Waals surface area (Å²) in [6.45, 7) is 8.92. The van der Waals surface area contributed by atoms with Crippen LogP contribution in [0.1, 0.15) is 35.3 Å². The Bertz CT molecular complexity index is 967. The minimum absolute atomic E-state index is 0.149. The molecule has 0 unspecified atom stereocenters. The minimum atomic E-state index is -3.48. The molecule has 1 heterocycles. The molecular weight excluding hydrogens is 414 g/mol. The molecule has 3 rings (SSSR count). The summed E-state index contributed by atoms with van der Waals surface area (Å²) in [5.74, 6) is -0.149. The normalized spacial score (nSPS) is 15.2. The number of amides is 1. The van der Waals surface area contributed by atoms with Crippen LogP contribution < -0.4 is 5.32 Å². The van der Waals surface area contributed by atoms with Gasteiger partial charge in [-0.1, -0.05) is 38.1 Å². The van der Waals surface area contributed by atoms with Gasteiger partial charge in [0.1, 0.15) is 0 Å². The third kappa shape index (κ3) is 6.13. The fourth-order valence-corrected chi connectivity index (χ4v) is 5.06. The third-order valence-electron chi connectivity index (χ3n) is 5.42. The summed E-state index contributed by atoms with van der Waals surface area (Å²) in [5, 5.41) is 2.92. The van der Waals surface area contributed by atoms with Gasteiger partial charge in [0.25, 0.3) is 5.91 Å². The molecule has 0 bridgehead atoms. The molecule has 1 saturated heterocycles. The molecule has 0 spiro atoms. The highest BCUT2D eigenvalue weighted by atomic mass is 32.2. The van der Waals surface area contributed by atoms with Crippen LogP contribution in [0.4, 0.5) is 0 Å². The van der Waals surface area contributed by atoms with Crippen LogP contribution in [0.15, 0.2) is 53.4 Å². The second-order valence-corrected chi connectivity index (χ2v) is 9.44. The van der Waals surface area contributed by atoms with E-state index in [1.165, 1.54) is 4.31 Å². The molecule has 1 aliphatic rings. The van der Waals surface area contributed by atoms with E-state index in [9.17, 15) is 13.2 Å². The number of hydrogen-bond donors (Lipinski definition) is 1. The minimum Gasteiger partial charge on any atom is -0.379 e. The van der Waals surface area contributed by atoms with Gasteiger partial charge < -0.3 is 10.1 Å². The van der Waals surface area contributed by atoms with E-state index in [0.29, 0.717) is 25.2 Å². The quantitative estimate of drug-likeness (QED) is 0.642. The van der Waals surface area contributed by atoms with Gasteiger partial charge in [0.2, 0.25) is 10.0 Å². The summed E-state index contributed by atoms with van der Waals surface area (Å²) in [7, 11) is -3.48. The van der Waals surface area contributed by atoms with Crippen molar-refractivity contribution in [2.75, 3.05) is 39.4 Å². The Morgan fingerprint density at radius 2 is 1.71 bits per heavy atom. The Morgan fingerprint density at radius 3 is 2.35 bits per heavy atom. The summed E-state index contributed by atoms with van der Waals surface area (Å²) in [5.41, 5.74) is 2.56. The van der Waals surface area contributed by atoms with E-state index >= 15 is 0 Å². The van der Waals surface area contributed by atoms with E-state index in [1.54, 1.807) is 30.3 Å². The fourth-order valence-electron chi connectivity index (χ4n) is 3.60. The zero-order valence-corrected chi connectivity index (χ0v) is 19.0. The number of sulfonamides is 1. The molecule has 7 nitrogen and oxygen atoms in total. The predicted octanol–water partition coefficient (Wildman–Crippen LogP) is 2.48. The first kappa shape index (κ1) is 23.4. The van der Waals surface area contributed by atoms with Gasteiger partial charge in [-0.05, 0) is 35.4 Å². The van der Waals surface area contributed by atoms with Gasteiger partial charge in [-0.2, -0.15) is 4.31 Å². The lowest BCUT2D eigenvalue weighted by Gasteiger charge is -2.26. The van der Waals surface area contributed by atoms with Crippen molar-refractivity contribution in [1.82, 2.24) is 14.5 Å². The van der Waals surface area contributed by atoms with Crippen LogP contribution >= 0.6 is 0 Å². The van der Waals surface area contributed by atoms with Gasteiger partial charge in [-0.25, -0.2) is 8.42 Å². The first-order valence-electron chi connectivity index (χ1n) is 10.7. The first-order chi connectivity index (χ1) is 14.9. The molecule has 1 aliphatic heterocycles. The maximum atomic E-state index is 12.6. The van der Waals surface area contributed by atoms with Crippen LogP contribution in [0, 0.1) is 0 Å². The fraction of sp³-hybridized carbons (Fsp3) is 0.435. The molecule has 2 aromatic rings. The number of carbonyl (C=O) groups is 1. The van der Waals surface area contributed by atoms with Gasteiger partial charge in [0.05, 0.1) is 18.1 Å². The Balaban J connectivity index is 1.59. The number of hydrogen-bond acceptors (Lipinski definition) is 5. The average Bonchev–Trinajstić information content (AvgIpc) is 2.79. The molecule has 1 amide bonds. The number of nitrogens with zero attached hydrogens (tertiary/aromatic N) is 2. The summed E-state index contributed by atoms with van der Waals surface area (Å²) in [6.07, 6.45) is 0. The van der Waals surface area contributed by atoms with Gasteiger partial charge >= 0.3 is 0 Å². The molecule has 0 saturated carbocycles. The Hall–Kier alpha value is -2.26. The second-order valence-electron chi connectivity index (χ2n) is 7.50. The number of carbonyl (C=O) groups excluding carboxylic acids is 1. The van der Waals surface area contributed by atoms with E-state index in [4.69, 9.17) is 4.74 Å². The Kier molecular flexibility index (Phi) is 8.20. The maximum absolute atomic E-state index is 12.6. The van der Waals surface area contributed by atoms with Crippen molar-refractivity contribution in [3.63, 3.8) is 0 Å². The number of nitrogens with one attached hydrogen (secondary N) is 1. The van der Waals surface area contributed by atoms with Crippen molar-refractivity contribution >= 4 is 15.9 Å². The lowest BCUT2D eigenvalue weighted by Crippen LogP contribution is -2.35. The zero-order chi connectivity index (χ0) is 22.3. The number of ether oxygens (including phenoxy) is 1. The summed E-state index contributed by atoms with van der Waals surface area (Å²) >= 11 is 0. The van der Waals surface area contributed by atoms with Crippen molar-refractivity contribution in [1.29, 1.82) is 0 Å². The highest BCUT2D eigenvalue weighted by Gasteiger charge is 2.21. The summed E-state index contributed by atoms with van der Waals surface area (Å²) in [4.78, 5) is 15.2. The number of benzene rings is 2. The molecule has 2 aromatic carbocycles. The van der Waals surface area contributed by atoms with Crippen molar-refractivity contribution < 1.29 is 17.9 Å². The van der Waals surface area contributed by atoms with Crippen LogP contribution in [0.25, 0.3) is 0 Å². The Labute approximate surface area is 185 Å². The first-order valence-corrected chi connectivity index (χ1v) is 12.1. The van der Waals surface area contributed by atoms with Gasteiger partial charge in [-0.3, -0.25) is 9.69 Å². The SMILES string of the molecule is CCN(CC)S(=O)(=O)c1ccc(CNC(=O)c2cccc(CN3CCOCC3)c2)cc1. The molecule has 31 heavy (non-hydrogen) atoms. The van der Waals surface area contributed by atoms with E-state index in [1.807, 2.05) is 32.0 Å². The topological polar surface area (TPSA) is 79.0 Å². The van der Waals surface area contributed by atoms with E-state index in [0.717, 1.165) is 44.0 Å². The van der Waals surface area contributed by atoms with Gasteiger partial charge in [0, 0.05) is 44.8 Å². The number of morpholine rings is 1. The lowest BCUT2D eigenvalue weighted by molar-refractivity contribution is 0.0342. The largest absolute Gasteiger partial charge is 0.379 e. The van der Waals surface area contributed by atoms with Crippen LogP contribution in [0.2, 0.25) is 0 Å². The van der Waals surface area contributed by atoms with Crippen LogP contribution in [-0.2, 0) is 27.8 Å². The second kappa shape index (κ2) is 10.9. The van der Waals surface area contributed by atoms with Gasteiger partial charge in [0.15, 0.2) is 0 Å². The molecule has 0 aliphatic carbocycles. The van der Waals surface area contributed by atoms with Crippen molar-refractivity contribution in [2.45, 2.75) is 31.8 Å². The third-order valence-corrected chi connectivity index (χ3v) is 7.48. The standard InChI is InChI=1S/C23H31N3O4S/c1-3-26(4-2)31(28,29)22-10-8-19(9-11-22)17-24-23(27)21-7-5-6-20(16-21)18-25-12-14-30-15-13-25/h5-11,16H,3-4,12-15,17-18H2,1-2H3,(H,24,27). The van der Waals surface area contributed by atoms with Crippen molar-refractivity contribution in [2.24, 2.45) is 0 Å². The summed E-state index contributed by atoms with van der Waals surface area (Å²) < 4.78 is 32.0.